The molecule has 2 heterocycles. The molecule has 0 saturated carbocycles. The van der Waals surface area contributed by atoms with Crippen LogP contribution in [0.5, 0.6) is 0 Å². The number of hydrogen-bond acceptors (Lipinski definition) is 3. The van der Waals surface area contributed by atoms with Crippen LogP contribution in [-0.4, -0.2) is 14.7 Å². The van der Waals surface area contributed by atoms with E-state index in [-0.39, 0.29) is 6.04 Å². The highest BCUT2D eigenvalue weighted by Crippen LogP contribution is 2.24. The van der Waals surface area contributed by atoms with Crippen molar-refractivity contribution < 1.29 is 10.3 Å². The first-order valence-electron chi connectivity index (χ1n) is 10.5. The molecule has 0 amide bonds. The van der Waals surface area contributed by atoms with Crippen LogP contribution in [0.4, 0.5) is 0 Å². The molecule has 0 aliphatic heterocycles. The van der Waals surface area contributed by atoms with E-state index >= 15 is 0 Å². The molecule has 5 heteroatoms. The van der Waals surface area contributed by atoms with Crippen molar-refractivity contribution in [2.45, 2.75) is 18.9 Å². The maximum absolute atomic E-state index is 5.55. The number of hydrogen-bond donors (Lipinski definition) is 1. The van der Waals surface area contributed by atoms with Crippen molar-refractivity contribution in [3.8, 4) is 11.1 Å². The monoisotopic (exact) mass is 409 g/mol. The zero-order valence-corrected chi connectivity index (χ0v) is 17.5. The van der Waals surface area contributed by atoms with Crippen molar-refractivity contribution in [3.63, 3.8) is 0 Å². The lowest BCUT2D eigenvalue weighted by atomic mass is 10.0. The van der Waals surface area contributed by atoms with Crippen LogP contribution in [0.2, 0.25) is 0 Å². The summed E-state index contributed by atoms with van der Waals surface area (Å²) >= 11 is 0. The molecule has 0 radical (unpaired) electrons. The van der Waals surface area contributed by atoms with Gasteiger partial charge in [0, 0.05) is 37.0 Å². The maximum atomic E-state index is 5.55. The molecule has 0 bridgehead atoms. The second-order valence-electron chi connectivity index (χ2n) is 7.97. The Bertz CT molecular complexity index is 1300. The zero-order valence-electron chi connectivity index (χ0n) is 17.5. The van der Waals surface area contributed by atoms with Crippen LogP contribution in [0.1, 0.15) is 28.9 Å². The van der Waals surface area contributed by atoms with Crippen molar-refractivity contribution in [1.29, 1.82) is 0 Å². The van der Waals surface area contributed by atoms with E-state index in [0.717, 1.165) is 12.0 Å². The molecule has 0 spiro atoms. The van der Waals surface area contributed by atoms with Crippen molar-refractivity contribution in [1.82, 2.24) is 14.7 Å². The molecule has 154 valence electrons. The Morgan fingerprint density at radius 2 is 1.61 bits per heavy atom. The molecule has 0 saturated heterocycles. The fraction of sp³-hybridized carbons (Fsp3) is 0.154. The minimum atomic E-state index is -0.0903. The summed E-state index contributed by atoms with van der Waals surface area (Å²) in [5.74, 6) is 1.28. The molecule has 2 aromatic heterocycles. The van der Waals surface area contributed by atoms with Gasteiger partial charge in [-0.3, -0.25) is 0 Å². The predicted molar refractivity (Wildman–Crippen MR) is 121 cm³/mol. The van der Waals surface area contributed by atoms with Gasteiger partial charge in [-0.1, -0.05) is 78.0 Å². The third-order valence-electron chi connectivity index (χ3n) is 5.70. The number of fused-ring (bicyclic) bond motifs is 1. The number of rotatable bonds is 6. The summed E-state index contributed by atoms with van der Waals surface area (Å²) < 4.78 is 7.70. The summed E-state index contributed by atoms with van der Waals surface area (Å²) in [4.78, 5) is 4.62. The summed E-state index contributed by atoms with van der Waals surface area (Å²) in [5.41, 5.74) is 10.3. The predicted octanol–water partition coefficient (Wildman–Crippen LogP) is 4.34. The number of nitrogens with zero attached hydrogens (tertiary/aromatic N) is 3. The van der Waals surface area contributed by atoms with Crippen LogP contribution in [0.15, 0.2) is 89.6 Å². The molecule has 3 N–H and O–H groups in total. The number of aromatic nitrogens is 3. The Kier molecular flexibility index (Phi) is 5.10. The first-order chi connectivity index (χ1) is 15.2. The van der Waals surface area contributed by atoms with Gasteiger partial charge in [-0.2, -0.15) is 4.98 Å². The Hall–Kier alpha value is -3.70. The van der Waals surface area contributed by atoms with Gasteiger partial charge in [0.15, 0.2) is 11.9 Å². The van der Waals surface area contributed by atoms with Crippen molar-refractivity contribution >= 4 is 10.9 Å². The summed E-state index contributed by atoms with van der Waals surface area (Å²) in [6, 6.07) is 27.2. The zero-order chi connectivity index (χ0) is 21.2. The smallest absolute Gasteiger partial charge is 0.285 e. The maximum Gasteiger partial charge on any atom is 0.285 e. The van der Waals surface area contributed by atoms with Crippen molar-refractivity contribution in [3.05, 3.63) is 108 Å². The summed E-state index contributed by atoms with van der Waals surface area (Å²) in [5, 5.41) is 5.44. The van der Waals surface area contributed by atoms with E-state index in [1.807, 2.05) is 6.07 Å². The minimum absolute atomic E-state index is 0.0903. The van der Waals surface area contributed by atoms with Crippen LogP contribution >= 0.6 is 0 Å². The van der Waals surface area contributed by atoms with Gasteiger partial charge in [0.05, 0.1) is 0 Å². The van der Waals surface area contributed by atoms with E-state index in [2.05, 4.69) is 106 Å². The van der Waals surface area contributed by atoms with E-state index in [0.29, 0.717) is 18.1 Å². The van der Waals surface area contributed by atoms with E-state index in [9.17, 15) is 0 Å². The minimum Gasteiger partial charge on any atom is -0.350 e. The molecule has 5 rings (SSSR count). The Balaban J connectivity index is 1.28. The second kappa shape index (κ2) is 8.20. The Morgan fingerprint density at radius 3 is 2.42 bits per heavy atom. The van der Waals surface area contributed by atoms with Crippen molar-refractivity contribution in [2.75, 3.05) is 0 Å². The number of aryl methyl sites for hydroxylation is 1. The molecule has 5 nitrogen and oxygen atoms in total. The van der Waals surface area contributed by atoms with Gasteiger partial charge in [0.1, 0.15) is 0 Å². The normalized spacial score (nSPS) is 12.3. The van der Waals surface area contributed by atoms with Gasteiger partial charge in [-0.25, -0.2) is 0 Å². The van der Waals surface area contributed by atoms with E-state index in [1.165, 1.54) is 27.6 Å². The van der Waals surface area contributed by atoms with Crippen LogP contribution < -0.4 is 5.73 Å². The molecule has 0 aliphatic carbocycles. The second-order valence-corrected chi connectivity index (χ2v) is 7.97. The van der Waals surface area contributed by atoms with Crippen LogP contribution in [0, 0.1) is 0 Å². The summed E-state index contributed by atoms with van der Waals surface area (Å²) in [6.07, 6.45) is 3.56. The highest BCUT2D eigenvalue weighted by Gasteiger charge is 2.21. The molecule has 5 aromatic rings. The van der Waals surface area contributed by atoms with E-state index < -0.39 is 0 Å². The first-order valence-corrected chi connectivity index (χ1v) is 10.5. The van der Waals surface area contributed by atoms with Gasteiger partial charge < -0.3 is 14.8 Å². The van der Waals surface area contributed by atoms with Crippen LogP contribution in [0.25, 0.3) is 22.0 Å². The third-order valence-corrected chi connectivity index (χ3v) is 5.70. The first kappa shape index (κ1) is 19.3. The lowest BCUT2D eigenvalue weighted by molar-refractivity contribution is -0.431. The van der Waals surface area contributed by atoms with Gasteiger partial charge in [0.2, 0.25) is 0 Å². The van der Waals surface area contributed by atoms with Crippen molar-refractivity contribution in [2.24, 2.45) is 7.05 Å². The van der Waals surface area contributed by atoms with E-state index in [1.54, 1.807) is 0 Å². The average molecular weight is 410 g/mol. The highest BCUT2D eigenvalue weighted by atomic mass is 16.5. The molecule has 0 unspecified atom stereocenters. The van der Waals surface area contributed by atoms with Crippen LogP contribution in [0.3, 0.4) is 0 Å². The number of benzene rings is 3. The van der Waals surface area contributed by atoms with Gasteiger partial charge >= 0.3 is 0 Å². The molecule has 1 atom stereocenters. The topological polar surface area (TPSA) is 71.5 Å². The van der Waals surface area contributed by atoms with E-state index in [4.69, 9.17) is 4.52 Å². The van der Waals surface area contributed by atoms with Gasteiger partial charge in [-0.15, -0.1) is 0 Å². The fourth-order valence-corrected chi connectivity index (χ4v) is 4.07. The van der Waals surface area contributed by atoms with Gasteiger partial charge in [-0.05, 0) is 28.3 Å². The quantitative estimate of drug-likeness (QED) is 0.453. The Labute approximate surface area is 181 Å². The molecule has 0 aliphatic rings. The standard InChI is InChI=1S/C26H24N4O/c1-30-17-21(22-9-5-6-10-24(22)30)16-23(27)26-28-25(29-31-26)15-18-11-13-20(14-12-18)19-7-3-2-4-8-19/h2-14,17,23H,15-16,27H2,1H3/p+1/t23-/m0/s1. The fourth-order valence-electron chi connectivity index (χ4n) is 4.07. The summed E-state index contributed by atoms with van der Waals surface area (Å²) in [7, 11) is 2.07. The van der Waals surface area contributed by atoms with Gasteiger partial charge in [0.25, 0.3) is 5.89 Å². The largest absolute Gasteiger partial charge is 0.350 e. The lowest BCUT2D eigenvalue weighted by Gasteiger charge is -2.03. The SMILES string of the molecule is Cn1cc(C[C@H]([NH3+])c2nc(Cc3ccc(-c4ccccc4)cc3)no2)c2ccccc21. The molecule has 31 heavy (non-hydrogen) atoms. The lowest BCUT2D eigenvalue weighted by Crippen LogP contribution is -2.54. The highest BCUT2D eigenvalue weighted by molar-refractivity contribution is 5.83. The number of para-hydroxylation sites is 1. The molecule has 0 fully saturated rings. The summed E-state index contributed by atoms with van der Waals surface area (Å²) in [6.45, 7) is 0. The molecular formula is C26H25N4O+. The third kappa shape index (κ3) is 4.00. The Morgan fingerprint density at radius 1 is 0.903 bits per heavy atom. The van der Waals surface area contributed by atoms with Crippen LogP contribution in [-0.2, 0) is 19.9 Å². The number of quaternary nitrogens is 1. The molecule has 3 aromatic carbocycles. The average Bonchev–Trinajstić information content (AvgIpc) is 3.40. The molecular weight excluding hydrogens is 384 g/mol.